The quantitative estimate of drug-likeness (QED) is 0.545. The van der Waals surface area contributed by atoms with Gasteiger partial charge in [-0.05, 0) is 44.2 Å². The number of aromatic nitrogens is 3. The van der Waals surface area contributed by atoms with Crippen LogP contribution in [-0.2, 0) is 6.42 Å². The normalized spacial score (nSPS) is 20.7. The van der Waals surface area contributed by atoms with Gasteiger partial charge in [0, 0.05) is 50.1 Å². The topological polar surface area (TPSA) is 112 Å². The van der Waals surface area contributed by atoms with Crippen molar-refractivity contribution in [1.29, 1.82) is 0 Å². The molecule has 0 unspecified atom stereocenters. The van der Waals surface area contributed by atoms with Gasteiger partial charge in [-0.3, -0.25) is 4.79 Å². The molecule has 0 saturated carbocycles. The lowest BCUT2D eigenvalue weighted by Crippen LogP contribution is -2.35. The minimum absolute atomic E-state index is 0.0892. The molecule has 1 saturated heterocycles. The second-order valence-corrected chi connectivity index (χ2v) is 9.39. The van der Waals surface area contributed by atoms with Crippen molar-refractivity contribution in [3.63, 3.8) is 0 Å². The summed E-state index contributed by atoms with van der Waals surface area (Å²) in [5.74, 6) is 0.754. The van der Waals surface area contributed by atoms with E-state index in [4.69, 9.17) is 4.74 Å². The summed E-state index contributed by atoms with van der Waals surface area (Å²) in [6, 6.07) is 3.91. The zero-order valence-corrected chi connectivity index (χ0v) is 18.9. The Bertz CT molecular complexity index is 1200. The van der Waals surface area contributed by atoms with Gasteiger partial charge in [0.15, 0.2) is 5.65 Å². The Balaban J connectivity index is 1.49. The van der Waals surface area contributed by atoms with E-state index in [1.54, 1.807) is 10.7 Å². The second kappa shape index (κ2) is 8.31. The largest absolute Gasteiger partial charge is 0.484 e. The van der Waals surface area contributed by atoms with Gasteiger partial charge in [-0.2, -0.15) is 5.10 Å². The average Bonchev–Trinajstić information content (AvgIpc) is 3.38. The standard InChI is InChI=1S/C24H29N5O4/c1-15-10-25-22-18(11-26-29(22)12-15)23(32)27-19-7-17-9-24(2,14-31)33-21(17)8-20(19)28-5-3-16(13-30)4-6-28/h7-8,10-12,16,30-31H,3-6,9,13-14H2,1-2H3,(H,27,32)/t24-/m0/s1. The number of aliphatic hydroxyl groups is 2. The number of aryl methyl sites for hydroxylation is 1. The number of amides is 1. The SMILES string of the molecule is Cc1cnc2c(C(=O)Nc3cc4c(cc3N3CCC(CO)CC3)O[C@](C)(CO)C4)cnn2c1. The summed E-state index contributed by atoms with van der Waals surface area (Å²) in [5.41, 5.74) is 3.70. The van der Waals surface area contributed by atoms with Gasteiger partial charge in [-0.25, -0.2) is 9.50 Å². The van der Waals surface area contributed by atoms with Crippen LogP contribution in [0.1, 0.15) is 41.3 Å². The van der Waals surface area contributed by atoms with Crippen LogP contribution < -0.4 is 15.0 Å². The Morgan fingerprint density at radius 2 is 2.06 bits per heavy atom. The summed E-state index contributed by atoms with van der Waals surface area (Å²) in [4.78, 5) is 19.9. The molecule has 2 aliphatic rings. The van der Waals surface area contributed by atoms with E-state index in [9.17, 15) is 15.0 Å². The summed E-state index contributed by atoms with van der Waals surface area (Å²) < 4.78 is 7.67. The Kier molecular flexibility index (Phi) is 5.46. The zero-order valence-electron chi connectivity index (χ0n) is 18.9. The van der Waals surface area contributed by atoms with Crippen LogP contribution in [0.4, 0.5) is 11.4 Å². The minimum atomic E-state index is -0.670. The van der Waals surface area contributed by atoms with E-state index in [1.807, 2.05) is 32.2 Å². The molecule has 4 heterocycles. The van der Waals surface area contributed by atoms with Gasteiger partial charge in [-0.15, -0.1) is 0 Å². The second-order valence-electron chi connectivity index (χ2n) is 9.39. The van der Waals surface area contributed by atoms with Crippen LogP contribution in [0.5, 0.6) is 5.75 Å². The zero-order chi connectivity index (χ0) is 23.2. The number of fused-ring (bicyclic) bond motifs is 2. The first-order valence-corrected chi connectivity index (χ1v) is 11.3. The lowest BCUT2D eigenvalue weighted by Gasteiger charge is -2.34. The van der Waals surface area contributed by atoms with Gasteiger partial charge in [-0.1, -0.05) is 0 Å². The van der Waals surface area contributed by atoms with Crippen LogP contribution in [0.15, 0.2) is 30.7 Å². The van der Waals surface area contributed by atoms with E-state index in [-0.39, 0.29) is 19.1 Å². The van der Waals surface area contributed by atoms with Crippen LogP contribution in [0.25, 0.3) is 5.65 Å². The highest BCUT2D eigenvalue weighted by Crippen LogP contribution is 2.42. The third-order valence-corrected chi connectivity index (χ3v) is 6.63. The predicted molar refractivity (Wildman–Crippen MR) is 124 cm³/mol. The molecule has 0 spiro atoms. The first kappa shape index (κ1) is 21.7. The molecule has 3 aromatic rings. The van der Waals surface area contributed by atoms with Gasteiger partial charge in [0.2, 0.25) is 0 Å². The Morgan fingerprint density at radius 1 is 1.27 bits per heavy atom. The number of rotatable bonds is 5. The molecule has 174 valence electrons. The lowest BCUT2D eigenvalue weighted by molar-refractivity contribution is 0.0447. The van der Waals surface area contributed by atoms with Gasteiger partial charge < -0.3 is 25.2 Å². The predicted octanol–water partition coefficient (Wildman–Crippen LogP) is 2.18. The molecule has 3 N–H and O–H groups in total. The van der Waals surface area contributed by atoms with Gasteiger partial charge in [0.1, 0.15) is 16.9 Å². The molecule has 1 amide bonds. The molecule has 0 bridgehead atoms. The fourth-order valence-electron chi connectivity index (χ4n) is 4.68. The van der Waals surface area contributed by atoms with E-state index in [1.165, 1.54) is 6.20 Å². The molecule has 1 fully saturated rings. The maximum atomic E-state index is 13.3. The maximum absolute atomic E-state index is 13.3. The number of nitrogens with one attached hydrogen (secondary N) is 1. The maximum Gasteiger partial charge on any atom is 0.261 e. The number of aliphatic hydroxyl groups excluding tert-OH is 2. The van der Waals surface area contributed by atoms with Crippen LogP contribution in [0.3, 0.4) is 0 Å². The van der Waals surface area contributed by atoms with Crippen LogP contribution >= 0.6 is 0 Å². The number of carbonyl (C=O) groups is 1. The highest BCUT2D eigenvalue weighted by Gasteiger charge is 2.36. The highest BCUT2D eigenvalue weighted by molar-refractivity contribution is 6.09. The van der Waals surface area contributed by atoms with Gasteiger partial charge in [0.25, 0.3) is 5.91 Å². The number of ether oxygens (including phenoxy) is 1. The molecule has 9 nitrogen and oxygen atoms in total. The molecule has 0 aliphatic carbocycles. The molecule has 33 heavy (non-hydrogen) atoms. The number of piperidine rings is 1. The molecule has 2 aliphatic heterocycles. The van der Waals surface area contributed by atoms with E-state index >= 15 is 0 Å². The molecular formula is C24H29N5O4. The third-order valence-electron chi connectivity index (χ3n) is 6.63. The number of benzene rings is 1. The van der Waals surface area contributed by atoms with Crippen molar-refractivity contribution in [2.75, 3.05) is 36.5 Å². The van der Waals surface area contributed by atoms with Gasteiger partial charge >= 0.3 is 0 Å². The first-order chi connectivity index (χ1) is 15.9. The molecule has 9 heteroatoms. The summed E-state index contributed by atoms with van der Waals surface area (Å²) in [5, 5.41) is 26.6. The van der Waals surface area contributed by atoms with E-state index in [0.717, 1.165) is 48.5 Å². The number of nitrogens with zero attached hydrogens (tertiary/aromatic N) is 4. The van der Waals surface area contributed by atoms with Crippen molar-refractivity contribution in [2.45, 2.75) is 38.7 Å². The van der Waals surface area contributed by atoms with Crippen molar-refractivity contribution in [3.05, 3.63) is 47.4 Å². The van der Waals surface area contributed by atoms with Crippen molar-refractivity contribution >= 4 is 22.9 Å². The number of hydrogen-bond acceptors (Lipinski definition) is 7. The average molecular weight is 452 g/mol. The monoisotopic (exact) mass is 451 g/mol. The van der Waals surface area contributed by atoms with Crippen molar-refractivity contribution in [2.24, 2.45) is 5.92 Å². The van der Waals surface area contributed by atoms with E-state index < -0.39 is 5.60 Å². The lowest BCUT2D eigenvalue weighted by atomic mass is 9.96. The Hall–Kier alpha value is -3.17. The minimum Gasteiger partial charge on any atom is -0.484 e. The number of anilines is 2. The summed E-state index contributed by atoms with van der Waals surface area (Å²) in [7, 11) is 0. The van der Waals surface area contributed by atoms with Crippen molar-refractivity contribution in [3.8, 4) is 5.75 Å². The fourth-order valence-corrected chi connectivity index (χ4v) is 4.68. The van der Waals surface area contributed by atoms with Crippen LogP contribution in [0.2, 0.25) is 0 Å². The molecule has 0 radical (unpaired) electrons. The Labute approximate surface area is 192 Å². The summed E-state index contributed by atoms with van der Waals surface area (Å²) in [6.45, 7) is 5.47. The van der Waals surface area contributed by atoms with Gasteiger partial charge in [0.05, 0.1) is 24.2 Å². The van der Waals surface area contributed by atoms with Crippen molar-refractivity contribution < 1.29 is 19.7 Å². The van der Waals surface area contributed by atoms with Crippen molar-refractivity contribution in [1.82, 2.24) is 14.6 Å². The third kappa shape index (κ3) is 4.02. The van der Waals surface area contributed by atoms with E-state index in [2.05, 4.69) is 20.3 Å². The highest BCUT2D eigenvalue weighted by atomic mass is 16.5. The number of carbonyl (C=O) groups excluding carboxylic acids is 1. The summed E-state index contributed by atoms with van der Waals surface area (Å²) in [6.07, 6.45) is 7.40. The molecule has 5 rings (SSSR count). The van der Waals surface area contributed by atoms with E-state index in [0.29, 0.717) is 29.2 Å². The smallest absolute Gasteiger partial charge is 0.261 e. The van der Waals surface area contributed by atoms with Crippen LogP contribution in [0, 0.1) is 12.8 Å². The Morgan fingerprint density at radius 3 is 2.79 bits per heavy atom. The van der Waals surface area contributed by atoms with Crippen LogP contribution in [-0.4, -0.2) is 62.6 Å². The number of hydrogen-bond donors (Lipinski definition) is 3. The first-order valence-electron chi connectivity index (χ1n) is 11.3. The fraction of sp³-hybridized carbons (Fsp3) is 0.458. The molecule has 1 aromatic carbocycles. The molecule has 1 atom stereocenters. The molecular weight excluding hydrogens is 422 g/mol. The summed E-state index contributed by atoms with van der Waals surface area (Å²) >= 11 is 0. The molecule has 2 aromatic heterocycles.